The number of hydrogen-bond acceptors (Lipinski definition) is 4. The average Bonchev–Trinajstić information content (AvgIpc) is 3.14. The van der Waals surface area contributed by atoms with Gasteiger partial charge < -0.3 is 9.30 Å². The summed E-state index contributed by atoms with van der Waals surface area (Å²) in [4.78, 5) is 17.1. The number of aromatic nitrogens is 1. The van der Waals surface area contributed by atoms with E-state index in [1.807, 2.05) is 72.2 Å². The van der Waals surface area contributed by atoms with E-state index < -0.39 is 0 Å². The van der Waals surface area contributed by atoms with Crippen molar-refractivity contribution in [3.63, 3.8) is 0 Å². The monoisotopic (exact) mass is 439 g/mol. The molecule has 1 atom stereocenters. The van der Waals surface area contributed by atoms with Crippen LogP contribution in [0, 0.1) is 0 Å². The largest absolute Gasteiger partial charge is 0.488 e. The third kappa shape index (κ3) is 6.31. The molecule has 3 aromatic rings. The van der Waals surface area contributed by atoms with Crippen LogP contribution in [0.1, 0.15) is 41.0 Å². The van der Waals surface area contributed by atoms with E-state index in [1.54, 1.807) is 12.3 Å². The zero-order chi connectivity index (χ0) is 22.2. The van der Waals surface area contributed by atoms with Crippen molar-refractivity contribution in [2.75, 3.05) is 6.61 Å². The lowest BCUT2D eigenvalue weighted by Crippen LogP contribution is -2.18. The third-order valence-electron chi connectivity index (χ3n) is 4.84. The van der Waals surface area contributed by atoms with Gasteiger partial charge in [0.2, 0.25) is 5.78 Å². The smallest absolute Gasteiger partial charge is 0.209 e. The van der Waals surface area contributed by atoms with Gasteiger partial charge in [-0.3, -0.25) is 10.1 Å². The van der Waals surface area contributed by atoms with Crippen LogP contribution in [0.2, 0.25) is 5.02 Å². The molecule has 0 saturated heterocycles. The van der Waals surface area contributed by atoms with Crippen LogP contribution >= 0.6 is 11.6 Å². The summed E-state index contributed by atoms with van der Waals surface area (Å²) in [6.45, 7) is 4.48. The van der Waals surface area contributed by atoms with Crippen LogP contribution in [-0.4, -0.2) is 28.3 Å². The number of hydrogen-bond donors (Lipinski definition) is 1. The van der Waals surface area contributed by atoms with Crippen LogP contribution in [-0.2, 0) is 17.9 Å². The van der Waals surface area contributed by atoms with E-state index in [0.717, 1.165) is 12.0 Å². The molecular weight excluding hydrogens is 414 g/mol. The molecular formula is C25H26ClNO4. The van der Waals surface area contributed by atoms with Crippen molar-refractivity contribution < 1.29 is 19.7 Å². The summed E-state index contributed by atoms with van der Waals surface area (Å²) in [5.74, 6) is 0.626. The highest BCUT2D eigenvalue weighted by atomic mass is 35.5. The Morgan fingerprint density at radius 3 is 2.68 bits per heavy atom. The first-order valence-electron chi connectivity index (χ1n) is 10.2. The number of rotatable bonds is 10. The number of ketones is 1. The van der Waals surface area contributed by atoms with Crippen LogP contribution < -0.4 is 4.74 Å². The lowest BCUT2D eigenvalue weighted by molar-refractivity contribution is -0.253. The number of carbonyl (C=O) groups is 1. The molecule has 0 aliphatic rings. The van der Waals surface area contributed by atoms with Gasteiger partial charge in [0.1, 0.15) is 18.5 Å². The normalized spacial score (nSPS) is 12.3. The van der Waals surface area contributed by atoms with Gasteiger partial charge in [0, 0.05) is 18.3 Å². The van der Waals surface area contributed by atoms with Gasteiger partial charge in [-0.1, -0.05) is 67.1 Å². The molecule has 0 fully saturated rings. The molecule has 0 amide bonds. The van der Waals surface area contributed by atoms with Gasteiger partial charge in [-0.15, -0.1) is 0 Å². The van der Waals surface area contributed by atoms with Gasteiger partial charge in [-0.05, 0) is 42.7 Å². The van der Waals surface area contributed by atoms with Gasteiger partial charge >= 0.3 is 0 Å². The third-order valence-corrected chi connectivity index (χ3v) is 5.04. The minimum Gasteiger partial charge on any atom is -0.488 e. The maximum atomic E-state index is 13.0. The van der Waals surface area contributed by atoms with Crippen LogP contribution in [0.3, 0.4) is 0 Å². The maximum absolute atomic E-state index is 13.0. The van der Waals surface area contributed by atoms with E-state index >= 15 is 0 Å². The average molecular weight is 440 g/mol. The molecule has 3 rings (SSSR count). The molecule has 0 unspecified atom stereocenters. The van der Waals surface area contributed by atoms with Crippen molar-refractivity contribution in [1.29, 1.82) is 0 Å². The maximum Gasteiger partial charge on any atom is 0.209 e. The Labute approximate surface area is 187 Å². The Hall–Kier alpha value is -2.86. The molecule has 1 heterocycles. The molecule has 2 aromatic carbocycles. The molecule has 0 aliphatic heterocycles. The summed E-state index contributed by atoms with van der Waals surface area (Å²) in [5.41, 5.74) is 3.34. The number of carbonyl (C=O) groups excluding carboxylic acids is 1. The van der Waals surface area contributed by atoms with Crippen LogP contribution in [0.25, 0.3) is 6.08 Å². The molecule has 0 bridgehead atoms. The Morgan fingerprint density at radius 2 is 1.97 bits per heavy atom. The second kappa shape index (κ2) is 11.0. The molecule has 162 valence electrons. The SMILES string of the molecule is CCc1ccc(C(=O)c2cc(Cl)cn2C/C=C/c2cccc(O[C@@H](C)COO)c2)cc1. The van der Waals surface area contributed by atoms with Crippen LogP contribution in [0.15, 0.2) is 66.9 Å². The van der Waals surface area contributed by atoms with Crippen molar-refractivity contribution in [3.05, 3.63) is 94.3 Å². The molecule has 0 aliphatic carbocycles. The van der Waals surface area contributed by atoms with Crippen molar-refractivity contribution in [3.8, 4) is 5.75 Å². The van der Waals surface area contributed by atoms with E-state index in [9.17, 15) is 4.79 Å². The highest BCUT2D eigenvalue weighted by Gasteiger charge is 2.15. The lowest BCUT2D eigenvalue weighted by Gasteiger charge is -2.13. The highest BCUT2D eigenvalue weighted by molar-refractivity contribution is 6.31. The van der Waals surface area contributed by atoms with Crippen LogP contribution in [0.5, 0.6) is 5.75 Å². The second-order valence-electron chi connectivity index (χ2n) is 7.27. The topological polar surface area (TPSA) is 60.7 Å². The molecule has 6 heteroatoms. The lowest BCUT2D eigenvalue weighted by atomic mass is 10.0. The van der Waals surface area contributed by atoms with Gasteiger partial charge in [0.15, 0.2) is 0 Å². The van der Waals surface area contributed by atoms with Gasteiger partial charge in [-0.2, -0.15) is 0 Å². The second-order valence-corrected chi connectivity index (χ2v) is 7.71. The van der Waals surface area contributed by atoms with E-state index in [2.05, 4.69) is 11.8 Å². The molecule has 1 N–H and O–H groups in total. The Bertz CT molecular complexity index is 1040. The van der Waals surface area contributed by atoms with Crippen molar-refractivity contribution in [1.82, 2.24) is 4.57 Å². The molecule has 5 nitrogen and oxygen atoms in total. The quantitative estimate of drug-likeness (QED) is 0.242. The van der Waals surface area contributed by atoms with Crippen LogP contribution in [0.4, 0.5) is 0 Å². The fraction of sp³-hybridized carbons (Fsp3) is 0.240. The van der Waals surface area contributed by atoms with E-state index in [4.69, 9.17) is 21.6 Å². The zero-order valence-electron chi connectivity index (χ0n) is 17.6. The number of allylic oxidation sites excluding steroid dienone is 1. The number of halogens is 1. The number of benzene rings is 2. The Morgan fingerprint density at radius 1 is 1.19 bits per heavy atom. The molecule has 0 spiro atoms. The molecule has 1 aromatic heterocycles. The van der Waals surface area contributed by atoms with Crippen molar-refractivity contribution in [2.45, 2.75) is 32.9 Å². The standard InChI is InChI=1S/C25H26ClNO4/c1-3-19-9-11-21(12-10-19)25(28)24-15-22(26)16-27(24)13-5-7-20-6-4-8-23(14-20)31-18(2)17-30-29/h4-12,14-16,18,29H,3,13,17H2,1-2H3/b7-5+/t18-/m0/s1. The Balaban J connectivity index is 1.71. The summed E-state index contributed by atoms with van der Waals surface area (Å²) in [7, 11) is 0. The zero-order valence-corrected chi connectivity index (χ0v) is 18.4. The fourth-order valence-electron chi connectivity index (χ4n) is 3.22. The molecule has 0 saturated carbocycles. The van der Waals surface area contributed by atoms with Gasteiger partial charge in [-0.25, -0.2) is 4.89 Å². The summed E-state index contributed by atoms with van der Waals surface area (Å²) in [5, 5.41) is 9.05. The number of ether oxygens (including phenoxy) is 1. The van der Waals surface area contributed by atoms with Gasteiger partial charge in [0.25, 0.3) is 0 Å². The summed E-state index contributed by atoms with van der Waals surface area (Å²) >= 11 is 6.19. The molecule has 31 heavy (non-hydrogen) atoms. The first-order valence-corrected chi connectivity index (χ1v) is 10.6. The van der Waals surface area contributed by atoms with E-state index in [-0.39, 0.29) is 18.5 Å². The van der Waals surface area contributed by atoms with Crippen molar-refractivity contribution in [2.24, 2.45) is 0 Å². The Kier molecular flexibility index (Phi) is 8.06. The first kappa shape index (κ1) is 22.8. The van der Waals surface area contributed by atoms with Gasteiger partial charge in [0.05, 0.1) is 10.7 Å². The minimum absolute atomic E-state index is 0.0570. The summed E-state index contributed by atoms with van der Waals surface area (Å²) < 4.78 is 7.54. The predicted molar refractivity (Wildman–Crippen MR) is 123 cm³/mol. The highest BCUT2D eigenvalue weighted by Crippen LogP contribution is 2.20. The number of aryl methyl sites for hydroxylation is 1. The van der Waals surface area contributed by atoms with E-state index in [0.29, 0.717) is 28.6 Å². The molecule has 0 radical (unpaired) electrons. The summed E-state index contributed by atoms with van der Waals surface area (Å²) in [6, 6.07) is 17.0. The van der Waals surface area contributed by atoms with E-state index in [1.165, 1.54) is 5.56 Å². The predicted octanol–water partition coefficient (Wildman–Crippen LogP) is 5.91. The van der Waals surface area contributed by atoms with Crippen molar-refractivity contribution >= 4 is 23.5 Å². The minimum atomic E-state index is -0.272. The summed E-state index contributed by atoms with van der Waals surface area (Å²) in [6.07, 6.45) is 6.34. The number of nitrogens with zero attached hydrogens (tertiary/aromatic N) is 1. The first-order chi connectivity index (χ1) is 15.0. The fourth-order valence-corrected chi connectivity index (χ4v) is 3.44.